The fourth-order valence-corrected chi connectivity index (χ4v) is 2.17. The Morgan fingerprint density at radius 2 is 2.00 bits per heavy atom. The van der Waals surface area contributed by atoms with Gasteiger partial charge in [0.05, 0.1) is 18.6 Å². The van der Waals surface area contributed by atoms with Crippen LogP contribution in [0.15, 0.2) is 24.3 Å². The maximum absolute atomic E-state index is 11.1. The number of nitrogens with two attached hydrogens (primary N) is 1. The number of carbonyl (C=O) groups is 1. The SMILES string of the molecule is Cc1nc(CN(CC(N)=O)C(C)C)nc2ccccc12. The minimum Gasteiger partial charge on any atom is -0.369 e. The number of aryl methyl sites for hydroxylation is 1. The van der Waals surface area contributed by atoms with E-state index in [-0.39, 0.29) is 18.5 Å². The van der Waals surface area contributed by atoms with Gasteiger partial charge in [-0.15, -0.1) is 0 Å². The first kappa shape index (κ1) is 14.4. The molecule has 0 aliphatic heterocycles. The van der Waals surface area contributed by atoms with Gasteiger partial charge in [-0.3, -0.25) is 9.69 Å². The van der Waals surface area contributed by atoms with E-state index in [2.05, 4.69) is 9.97 Å². The van der Waals surface area contributed by atoms with Gasteiger partial charge in [-0.2, -0.15) is 0 Å². The summed E-state index contributed by atoms with van der Waals surface area (Å²) < 4.78 is 0. The normalized spacial score (nSPS) is 11.4. The Labute approximate surface area is 118 Å². The molecule has 0 fully saturated rings. The Morgan fingerprint density at radius 1 is 1.30 bits per heavy atom. The number of carbonyl (C=O) groups excluding carboxylic acids is 1. The number of fused-ring (bicyclic) bond motifs is 1. The van der Waals surface area contributed by atoms with Crippen molar-refractivity contribution in [1.82, 2.24) is 14.9 Å². The van der Waals surface area contributed by atoms with Crippen molar-refractivity contribution in [2.75, 3.05) is 6.54 Å². The van der Waals surface area contributed by atoms with Crippen LogP contribution < -0.4 is 5.73 Å². The van der Waals surface area contributed by atoms with Gasteiger partial charge in [0.15, 0.2) is 0 Å². The largest absolute Gasteiger partial charge is 0.369 e. The Kier molecular flexibility index (Phi) is 4.29. The van der Waals surface area contributed by atoms with Crippen LogP contribution in [0.1, 0.15) is 25.4 Å². The average Bonchev–Trinajstić information content (AvgIpc) is 2.37. The predicted molar refractivity (Wildman–Crippen MR) is 79.0 cm³/mol. The molecule has 1 heterocycles. The molecule has 0 radical (unpaired) electrons. The highest BCUT2D eigenvalue weighted by molar-refractivity contribution is 5.80. The van der Waals surface area contributed by atoms with Gasteiger partial charge in [-0.05, 0) is 26.8 Å². The highest BCUT2D eigenvalue weighted by atomic mass is 16.1. The van der Waals surface area contributed by atoms with Crippen molar-refractivity contribution in [3.8, 4) is 0 Å². The van der Waals surface area contributed by atoms with Crippen LogP contribution in [0.25, 0.3) is 10.9 Å². The first-order chi connectivity index (χ1) is 9.47. The molecule has 0 aliphatic rings. The number of rotatable bonds is 5. The van der Waals surface area contributed by atoms with Gasteiger partial charge in [0.1, 0.15) is 5.82 Å². The van der Waals surface area contributed by atoms with Gasteiger partial charge in [0.2, 0.25) is 5.91 Å². The summed E-state index contributed by atoms with van der Waals surface area (Å²) in [6, 6.07) is 8.13. The number of aromatic nitrogens is 2. The molecule has 0 saturated heterocycles. The third kappa shape index (κ3) is 3.30. The Morgan fingerprint density at radius 3 is 2.65 bits per heavy atom. The van der Waals surface area contributed by atoms with Gasteiger partial charge >= 0.3 is 0 Å². The molecule has 2 N–H and O–H groups in total. The number of hydrogen-bond donors (Lipinski definition) is 1. The topological polar surface area (TPSA) is 72.1 Å². The molecule has 5 nitrogen and oxygen atoms in total. The number of primary amides is 1. The minimum atomic E-state index is -0.337. The second-order valence-electron chi connectivity index (χ2n) is 5.21. The number of amides is 1. The Hall–Kier alpha value is -2.01. The monoisotopic (exact) mass is 272 g/mol. The zero-order valence-electron chi connectivity index (χ0n) is 12.1. The van der Waals surface area contributed by atoms with Gasteiger partial charge in [0.25, 0.3) is 0 Å². The van der Waals surface area contributed by atoms with Crippen LogP contribution in [0.3, 0.4) is 0 Å². The molecule has 1 amide bonds. The van der Waals surface area contributed by atoms with E-state index in [1.807, 2.05) is 49.9 Å². The van der Waals surface area contributed by atoms with Gasteiger partial charge < -0.3 is 5.73 Å². The van der Waals surface area contributed by atoms with E-state index < -0.39 is 0 Å². The molecular formula is C15H20N4O. The summed E-state index contributed by atoms with van der Waals surface area (Å²) in [6.45, 7) is 6.76. The van der Waals surface area contributed by atoms with Crippen LogP contribution in [0.4, 0.5) is 0 Å². The Balaban J connectivity index is 2.30. The quantitative estimate of drug-likeness (QED) is 0.898. The van der Waals surface area contributed by atoms with E-state index in [9.17, 15) is 4.79 Å². The predicted octanol–water partition coefficient (Wildman–Crippen LogP) is 1.63. The average molecular weight is 272 g/mol. The maximum Gasteiger partial charge on any atom is 0.231 e. The van der Waals surface area contributed by atoms with E-state index in [1.165, 1.54) is 0 Å². The standard InChI is InChI=1S/C15H20N4O/c1-10(2)19(8-14(16)20)9-15-17-11(3)12-6-4-5-7-13(12)18-15/h4-7,10H,8-9H2,1-3H3,(H2,16,20). The molecule has 20 heavy (non-hydrogen) atoms. The van der Waals surface area contributed by atoms with Gasteiger partial charge in [-0.1, -0.05) is 18.2 Å². The highest BCUT2D eigenvalue weighted by Crippen LogP contribution is 2.15. The maximum atomic E-state index is 11.1. The van der Waals surface area contributed by atoms with Crippen molar-refractivity contribution in [3.63, 3.8) is 0 Å². The zero-order chi connectivity index (χ0) is 14.7. The summed E-state index contributed by atoms with van der Waals surface area (Å²) >= 11 is 0. The van der Waals surface area contributed by atoms with E-state index in [0.717, 1.165) is 22.4 Å². The fraction of sp³-hybridized carbons (Fsp3) is 0.400. The first-order valence-electron chi connectivity index (χ1n) is 6.72. The molecular weight excluding hydrogens is 252 g/mol. The zero-order valence-corrected chi connectivity index (χ0v) is 12.1. The minimum absolute atomic E-state index is 0.206. The lowest BCUT2D eigenvalue weighted by atomic mass is 10.2. The van der Waals surface area contributed by atoms with Crippen molar-refractivity contribution in [2.24, 2.45) is 5.73 Å². The molecule has 1 aromatic carbocycles. The first-order valence-corrected chi connectivity index (χ1v) is 6.72. The molecule has 1 aromatic heterocycles. The molecule has 5 heteroatoms. The molecule has 106 valence electrons. The fourth-order valence-electron chi connectivity index (χ4n) is 2.17. The van der Waals surface area contributed by atoms with Crippen LogP contribution in [0.5, 0.6) is 0 Å². The van der Waals surface area contributed by atoms with Crippen LogP contribution in [-0.4, -0.2) is 33.4 Å². The smallest absolute Gasteiger partial charge is 0.231 e. The summed E-state index contributed by atoms with van der Waals surface area (Å²) in [7, 11) is 0. The number of hydrogen-bond acceptors (Lipinski definition) is 4. The lowest BCUT2D eigenvalue weighted by Gasteiger charge is -2.24. The molecule has 0 aliphatic carbocycles. The van der Waals surface area contributed by atoms with Crippen molar-refractivity contribution >= 4 is 16.8 Å². The molecule has 0 unspecified atom stereocenters. The summed E-state index contributed by atoms with van der Waals surface area (Å²) in [5, 5.41) is 1.06. The van der Waals surface area contributed by atoms with Crippen LogP contribution in [-0.2, 0) is 11.3 Å². The summed E-state index contributed by atoms with van der Waals surface area (Å²) in [4.78, 5) is 22.2. The van der Waals surface area contributed by atoms with Crippen LogP contribution in [0, 0.1) is 6.92 Å². The number of para-hydroxylation sites is 1. The molecule has 2 aromatic rings. The molecule has 2 rings (SSSR count). The van der Waals surface area contributed by atoms with Gasteiger partial charge in [-0.25, -0.2) is 9.97 Å². The van der Waals surface area contributed by atoms with E-state index in [1.54, 1.807) is 0 Å². The second kappa shape index (κ2) is 5.96. The molecule has 0 atom stereocenters. The van der Waals surface area contributed by atoms with Crippen molar-refractivity contribution in [1.29, 1.82) is 0 Å². The van der Waals surface area contributed by atoms with E-state index in [0.29, 0.717) is 6.54 Å². The Bertz CT molecular complexity index is 624. The lowest BCUT2D eigenvalue weighted by molar-refractivity contribution is -0.119. The van der Waals surface area contributed by atoms with Crippen molar-refractivity contribution in [2.45, 2.75) is 33.4 Å². The number of benzene rings is 1. The van der Waals surface area contributed by atoms with Crippen LogP contribution in [0.2, 0.25) is 0 Å². The lowest BCUT2D eigenvalue weighted by Crippen LogP contribution is -2.38. The van der Waals surface area contributed by atoms with Crippen molar-refractivity contribution < 1.29 is 4.79 Å². The molecule has 0 saturated carbocycles. The van der Waals surface area contributed by atoms with Crippen LogP contribution >= 0.6 is 0 Å². The summed E-state index contributed by atoms with van der Waals surface area (Å²) in [5.41, 5.74) is 7.16. The van der Waals surface area contributed by atoms with E-state index in [4.69, 9.17) is 5.73 Å². The second-order valence-corrected chi connectivity index (χ2v) is 5.21. The third-order valence-corrected chi connectivity index (χ3v) is 3.27. The molecule has 0 spiro atoms. The third-order valence-electron chi connectivity index (χ3n) is 3.27. The van der Waals surface area contributed by atoms with E-state index >= 15 is 0 Å². The number of nitrogens with zero attached hydrogens (tertiary/aromatic N) is 3. The van der Waals surface area contributed by atoms with Gasteiger partial charge in [0, 0.05) is 17.1 Å². The molecule has 0 bridgehead atoms. The summed E-state index contributed by atoms with van der Waals surface area (Å²) in [5.74, 6) is 0.382. The summed E-state index contributed by atoms with van der Waals surface area (Å²) in [6.07, 6.45) is 0. The highest BCUT2D eigenvalue weighted by Gasteiger charge is 2.15. The van der Waals surface area contributed by atoms with Crippen molar-refractivity contribution in [3.05, 3.63) is 35.8 Å².